The third-order valence-electron chi connectivity index (χ3n) is 2.84. The van der Waals surface area contributed by atoms with E-state index >= 15 is 0 Å². The first-order valence-electron chi connectivity index (χ1n) is 5.21. The number of nitrogens with zero attached hydrogens (tertiary/aromatic N) is 2. The van der Waals surface area contributed by atoms with Crippen LogP contribution in [0.2, 0.25) is 0 Å². The van der Waals surface area contributed by atoms with Gasteiger partial charge in [0.1, 0.15) is 0 Å². The fourth-order valence-electron chi connectivity index (χ4n) is 1.62. The monoisotopic (exact) mass is 215 g/mol. The molecular formula is C12H13N3O. The highest BCUT2D eigenvalue weighted by atomic mass is 16.2. The number of hydrogen-bond acceptors (Lipinski definition) is 3. The van der Waals surface area contributed by atoms with Crippen molar-refractivity contribution in [3.63, 3.8) is 0 Å². The van der Waals surface area contributed by atoms with Gasteiger partial charge in [0.2, 0.25) is 5.91 Å². The van der Waals surface area contributed by atoms with Gasteiger partial charge < -0.3 is 10.2 Å². The average Bonchev–Trinajstić information content (AvgIpc) is 2.26. The number of amides is 1. The Balaban J connectivity index is 2.10. The lowest BCUT2D eigenvalue weighted by Crippen LogP contribution is -2.51. The molecule has 1 N–H and O–H groups in total. The molecule has 1 heterocycles. The van der Waals surface area contributed by atoms with E-state index in [4.69, 9.17) is 5.26 Å². The minimum absolute atomic E-state index is 0.0978. The highest BCUT2D eigenvalue weighted by Gasteiger charge is 2.27. The zero-order valence-electron chi connectivity index (χ0n) is 9.10. The third kappa shape index (κ3) is 1.90. The minimum Gasteiger partial charge on any atom is -0.315 e. The van der Waals surface area contributed by atoms with Crippen LogP contribution in [0, 0.1) is 17.2 Å². The molecule has 0 bridgehead atoms. The van der Waals surface area contributed by atoms with E-state index in [0.717, 1.165) is 18.8 Å². The van der Waals surface area contributed by atoms with E-state index in [2.05, 4.69) is 11.4 Å². The SMILES string of the molecule is CN(C(=O)C1CNC1)c1ccc(C#N)cc1. The first kappa shape index (κ1) is 10.7. The molecule has 1 saturated heterocycles. The van der Waals surface area contributed by atoms with Crippen LogP contribution in [0.15, 0.2) is 24.3 Å². The van der Waals surface area contributed by atoms with Crippen molar-refractivity contribution in [2.24, 2.45) is 5.92 Å². The number of carbonyl (C=O) groups is 1. The number of anilines is 1. The zero-order valence-corrected chi connectivity index (χ0v) is 9.10. The van der Waals surface area contributed by atoms with Crippen LogP contribution in [0.1, 0.15) is 5.56 Å². The first-order valence-corrected chi connectivity index (χ1v) is 5.21. The maximum absolute atomic E-state index is 11.9. The molecule has 2 rings (SSSR count). The largest absolute Gasteiger partial charge is 0.315 e. The highest BCUT2D eigenvalue weighted by molar-refractivity contribution is 5.95. The first-order chi connectivity index (χ1) is 7.72. The Labute approximate surface area is 94.5 Å². The molecule has 0 aromatic heterocycles. The number of benzene rings is 1. The summed E-state index contributed by atoms with van der Waals surface area (Å²) in [5, 5.41) is 11.7. The maximum Gasteiger partial charge on any atom is 0.232 e. The van der Waals surface area contributed by atoms with E-state index in [1.54, 1.807) is 36.2 Å². The van der Waals surface area contributed by atoms with Crippen molar-refractivity contribution in [1.29, 1.82) is 5.26 Å². The Bertz CT molecular complexity index is 429. The van der Waals surface area contributed by atoms with Crippen molar-refractivity contribution < 1.29 is 4.79 Å². The fraction of sp³-hybridized carbons (Fsp3) is 0.333. The number of rotatable bonds is 2. The maximum atomic E-state index is 11.9. The van der Waals surface area contributed by atoms with Gasteiger partial charge in [-0.15, -0.1) is 0 Å². The second kappa shape index (κ2) is 4.33. The number of nitrogens with one attached hydrogen (secondary N) is 1. The number of nitriles is 1. The summed E-state index contributed by atoms with van der Waals surface area (Å²) in [6, 6.07) is 9.08. The summed E-state index contributed by atoms with van der Waals surface area (Å²) in [5.41, 5.74) is 1.44. The van der Waals surface area contributed by atoms with Gasteiger partial charge in [-0.25, -0.2) is 0 Å². The molecule has 0 aliphatic carbocycles. The molecule has 82 valence electrons. The third-order valence-corrected chi connectivity index (χ3v) is 2.84. The van der Waals surface area contributed by atoms with Gasteiger partial charge in [0.25, 0.3) is 0 Å². The summed E-state index contributed by atoms with van der Waals surface area (Å²) in [7, 11) is 1.77. The van der Waals surface area contributed by atoms with Crippen LogP contribution < -0.4 is 10.2 Å². The fourth-order valence-corrected chi connectivity index (χ4v) is 1.62. The Morgan fingerprint density at radius 2 is 2.06 bits per heavy atom. The summed E-state index contributed by atoms with van der Waals surface area (Å²) in [5.74, 6) is 0.226. The number of hydrogen-bond donors (Lipinski definition) is 1. The molecule has 0 unspecified atom stereocenters. The lowest BCUT2D eigenvalue weighted by molar-refractivity contribution is -0.123. The summed E-state index contributed by atoms with van der Waals surface area (Å²) >= 11 is 0. The highest BCUT2D eigenvalue weighted by Crippen LogP contribution is 2.17. The molecule has 4 nitrogen and oxygen atoms in total. The molecule has 1 aromatic carbocycles. The predicted octanol–water partition coefficient (Wildman–Crippen LogP) is 0.740. The van der Waals surface area contributed by atoms with E-state index < -0.39 is 0 Å². The van der Waals surface area contributed by atoms with Crippen molar-refractivity contribution in [3.8, 4) is 6.07 Å². The number of carbonyl (C=O) groups excluding carboxylic acids is 1. The quantitative estimate of drug-likeness (QED) is 0.791. The van der Waals surface area contributed by atoms with E-state index in [9.17, 15) is 4.79 Å². The molecule has 1 aromatic rings. The molecule has 16 heavy (non-hydrogen) atoms. The van der Waals surface area contributed by atoms with Gasteiger partial charge in [-0.3, -0.25) is 4.79 Å². The molecule has 0 spiro atoms. The second-order valence-corrected chi connectivity index (χ2v) is 3.91. The van der Waals surface area contributed by atoms with Crippen LogP contribution in [0.3, 0.4) is 0 Å². The average molecular weight is 215 g/mol. The Morgan fingerprint density at radius 3 is 2.50 bits per heavy atom. The molecule has 0 atom stereocenters. The molecule has 4 heteroatoms. The van der Waals surface area contributed by atoms with Crippen LogP contribution >= 0.6 is 0 Å². The standard InChI is InChI=1S/C12H13N3O/c1-15(12(16)10-7-14-8-10)11-4-2-9(6-13)3-5-11/h2-5,10,14H,7-8H2,1H3. The van der Waals surface area contributed by atoms with Crippen LogP contribution in [0.25, 0.3) is 0 Å². The van der Waals surface area contributed by atoms with E-state index in [1.807, 2.05) is 0 Å². The minimum atomic E-state index is 0.0978. The van der Waals surface area contributed by atoms with Gasteiger partial charge in [-0.1, -0.05) is 0 Å². The van der Waals surface area contributed by atoms with E-state index in [0.29, 0.717) is 5.56 Å². The zero-order chi connectivity index (χ0) is 11.5. The van der Waals surface area contributed by atoms with E-state index in [-0.39, 0.29) is 11.8 Å². The molecule has 1 amide bonds. The van der Waals surface area contributed by atoms with Gasteiger partial charge in [0.15, 0.2) is 0 Å². The molecule has 0 saturated carbocycles. The van der Waals surface area contributed by atoms with Crippen molar-refractivity contribution in [2.75, 3.05) is 25.0 Å². The van der Waals surface area contributed by atoms with Crippen LogP contribution in [-0.4, -0.2) is 26.0 Å². The second-order valence-electron chi connectivity index (χ2n) is 3.91. The van der Waals surface area contributed by atoms with Gasteiger partial charge in [-0.05, 0) is 24.3 Å². The Hall–Kier alpha value is -1.86. The van der Waals surface area contributed by atoms with Crippen LogP contribution in [0.5, 0.6) is 0 Å². The predicted molar refractivity (Wildman–Crippen MR) is 60.9 cm³/mol. The molecule has 1 fully saturated rings. The summed E-state index contributed by atoms with van der Waals surface area (Å²) in [6.07, 6.45) is 0. The van der Waals surface area contributed by atoms with Gasteiger partial charge >= 0.3 is 0 Å². The summed E-state index contributed by atoms with van der Waals surface area (Å²) < 4.78 is 0. The van der Waals surface area contributed by atoms with Crippen molar-refractivity contribution in [1.82, 2.24) is 5.32 Å². The topological polar surface area (TPSA) is 56.1 Å². The molecule has 0 radical (unpaired) electrons. The molecule has 1 aliphatic heterocycles. The van der Waals surface area contributed by atoms with Crippen molar-refractivity contribution in [2.45, 2.75) is 0 Å². The molecular weight excluding hydrogens is 202 g/mol. The molecule has 1 aliphatic rings. The Morgan fingerprint density at radius 1 is 1.44 bits per heavy atom. The van der Waals surface area contributed by atoms with Crippen molar-refractivity contribution >= 4 is 11.6 Å². The lowest BCUT2D eigenvalue weighted by atomic mass is 10.0. The van der Waals surface area contributed by atoms with E-state index in [1.165, 1.54) is 0 Å². The lowest BCUT2D eigenvalue weighted by Gasteiger charge is -2.30. The van der Waals surface area contributed by atoms with Gasteiger partial charge in [0, 0.05) is 25.8 Å². The summed E-state index contributed by atoms with van der Waals surface area (Å²) in [4.78, 5) is 13.5. The smallest absolute Gasteiger partial charge is 0.232 e. The summed E-state index contributed by atoms with van der Waals surface area (Å²) in [6.45, 7) is 1.53. The van der Waals surface area contributed by atoms with Gasteiger partial charge in [-0.2, -0.15) is 5.26 Å². The van der Waals surface area contributed by atoms with Gasteiger partial charge in [0.05, 0.1) is 17.6 Å². The van der Waals surface area contributed by atoms with Crippen molar-refractivity contribution in [3.05, 3.63) is 29.8 Å². The Kier molecular flexibility index (Phi) is 2.88. The normalized spacial score (nSPS) is 15.0. The van der Waals surface area contributed by atoms with Crippen LogP contribution in [0.4, 0.5) is 5.69 Å². The van der Waals surface area contributed by atoms with Crippen LogP contribution in [-0.2, 0) is 4.79 Å².